The number of carbonyl (C=O) groups excluding carboxylic acids is 2. The van der Waals surface area contributed by atoms with Gasteiger partial charge in [-0.2, -0.15) is 0 Å². The van der Waals surface area contributed by atoms with Crippen LogP contribution in [-0.4, -0.2) is 59.1 Å². The van der Waals surface area contributed by atoms with E-state index in [1.165, 1.54) is 6.33 Å². The summed E-state index contributed by atoms with van der Waals surface area (Å²) in [6.45, 7) is 6.30. The van der Waals surface area contributed by atoms with E-state index in [-0.39, 0.29) is 17.4 Å². The van der Waals surface area contributed by atoms with Crippen LogP contribution in [0.5, 0.6) is 0 Å². The molecule has 8 heteroatoms. The standard InChI is InChI=1S/C13H21N5O3/c1-2-10(19)16-13-11(12(14)20)18(9-15-13)4-3-17-5-7-21-8-6-17/h9H,2-8H2,1H3,(H2,14,20)(H,16,19). The maximum atomic E-state index is 11.6. The zero-order valence-corrected chi connectivity index (χ0v) is 12.2. The number of primary amides is 1. The van der Waals surface area contributed by atoms with E-state index >= 15 is 0 Å². The first-order chi connectivity index (χ1) is 10.1. The Bertz CT molecular complexity index is 508. The number of anilines is 1. The molecule has 0 aromatic carbocycles. The molecule has 0 aliphatic carbocycles. The summed E-state index contributed by atoms with van der Waals surface area (Å²) < 4.78 is 6.98. The summed E-state index contributed by atoms with van der Waals surface area (Å²) in [5, 5.41) is 2.59. The van der Waals surface area contributed by atoms with Crippen molar-refractivity contribution in [3.05, 3.63) is 12.0 Å². The molecule has 8 nitrogen and oxygen atoms in total. The molecule has 2 heterocycles. The van der Waals surface area contributed by atoms with Crippen LogP contribution in [0.25, 0.3) is 0 Å². The van der Waals surface area contributed by atoms with Gasteiger partial charge in [-0.25, -0.2) is 4.98 Å². The van der Waals surface area contributed by atoms with Crippen molar-refractivity contribution >= 4 is 17.6 Å². The summed E-state index contributed by atoms with van der Waals surface area (Å²) in [6.07, 6.45) is 1.85. The second-order valence-corrected chi connectivity index (χ2v) is 4.86. The van der Waals surface area contributed by atoms with Gasteiger partial charge in [0.25, 0.3) is 5.91 Å². The number of nitrogens with one attached hydrogen (secondary N) is 1. The van der Waals surface area contributed by atoms with E-state index < -0.39 is 5.91 Å². The van der Waals surface area contributed by atoms with Crippen LogP contribution in [0.15, 0.2) is 6.33 Å². The van der Waals surface area contributed by atoms with Gasteiger partial charge in [-0.15, -0.1) is 0 Å². The normalized spacial score (nSPS) is 15.9. The van der Waals surface area contributed by atoms with Crippen LogP contribution in [0.3, 0.4) is 0 Å². The first-order valence-electron chi connectivity index (χ1n) is 7.06. The molecule has 116 valence electrons. The van der Waals surface area contributed by atoms with Crippen molar-refractivity contribution in [1.82, 2.24) is 14.5 Å². The van der Waals surface area contributed by atoms with Crippen molar-refractivity contribution in [2.24, 2.45) is 5.73 Å². The van der Waals surface area contributed by atoms with Crippen molar-refractivity contribution in [3.63, 3.8) is 0 Å². The molecule has 0 radical (unpaired) electrons. The van der Waals surface area contributed by atoms with Crippen LogP contribution in [0.4, 0.5) is 5.82 Å². The predicted molar refractivity (Wildman–Crippen MR) is 76.9 cm³/mol. The number of carbonyl (C=O) groups is 2. The van der Waals surface area contributed by atoms with Gasteiger partial charge in [-0.3, -0.25) is 14.5 Å². The molecule has 2 rings (SSSR count). The zero-order chi connectivity index (χ0) is 15.2. The fraction of sp³-hybridized carbons (Fsp3) is 0.615. The SMILES string of the molecule is CCC(=O)Nc1ncn(CCN2CCOCC2)c1C(N)=O. The summed E-state index contributed by atoms with van der Waals surface area (Å²) in [5.41, 5.74) is 5.64. The molecule has 0 saturated carbocycles. The Morgan fingerprint density at radius 3 is 2.71 bits per heavy atom. The molecule has 2 amide bonds. The topological polar surface area (TPSA) is 102 Å². The summed E-state index contributed by atoms with van der Waals surface area (Å²) in [6, 6.07) is 0. The molecule has 1 aliphatic rings. The van der Waals surface area contributed by atoms with Gasteiger partial charge >= 0.3 is 0 Å². The van der Waals surface area contributed by atoms with E-state index in [4.69, 9.17) is 10.5 Å². The van der Waals surface area contributed by atoms with E-state index in [2.05, 4.69) is 15.2 Å². The molecule has 0 spiro atoms. The van der Waals surface area contributed by atoms with Gasteiger partial charge < -0.3 is 20.4 Å². The third-order valence-electron chi connectivity index (χ3n) is 3.41. The Morgan fingerprint density at radius 1 is 1.38 bits per heavy atom. The van der Waals surface area contributed by atoms with E-state index in [1.54, 1.807) is 11.5 Å². The molecule has 3 N–H and O–H groups in total. The van der Waals surface area contributed by atoms with E-state index in [1.807, 2.05) is 0 Å². The second kappa shape index (κ2) is 7.19. The minimum Gasteiger partial charge on any atom is -0.379 e. The van der Waals surface area contributed by atoms with E-state index in [0.29, 0.717) is 13.0 Å². The molecule has 21 heavy (non-hydrogen) atoms. The number of nitrogens with zero attached hydrogens (tertiary/aromatic N) is 3. The highest BCUT2D eigenvalue weighted by molar-refractivity contribution is 6.00. The number of aromatic nitrogens is 2. The number of rotatable bonds is 6. The van der Waals surface area contributed by atoms with Gasteiger partial charge in [0, 0.05) is 32.6 Å². The van der Waals surface area contributed by atoms with Gasteiger partial charge in [-0.05, 0) is 0 Å². The van der Waals surface area contributed by atoms with Crippen LogP contribution in [0.2, 0.25) is 0 Å². The van der Waals surface area contributed by atoms with Crippen molar-refractivity contribution in [2.45, 2.75) is 19.9 Å². The third kappa shape index (κ3) is 4.02. The monoisotopic (exact) mass is 295 g/mol. The average molecular weight is 295 g/mol. The zero-order valence-electron chi connectivity index (χ0n) is 12.2. The van der Waals surface area contributed by atoms with Crippen LogP contribution in [-0.2, 0) is 16.1 Å². The van der Waals surface area contributed by atoms with Crippen LogP contribution < -0.4 is 11.1 Å². The Labute approximate surface area is 123 Å². The molecule has 0 atom stereocenters. The number of imidazole rings is 1. The fourth-order valence-corrected chi connectivity index (χ4v) is 2.20. The molecular formula is C13H21N5O3. The lowest BCUT2D eigenvalue weighted by molar-refractivity contribution is -0.115. The van der Waals surface area contributed by atoms with Gasteiger partial charge in [-0.1, -0.05) is 6.92 Å². The second-order valence-electron chi connectivity index (χ2n) is 4.86. The minimum absolute atomic E-state index is 0.198. The summed E-state index contributed by atoms with van der Waals surface area (Å²) in [5.74, 6) is -0.562. The number of nitrogens with two attached hydrogens (primary N) is 1. The Balaban J connectivity index is 2.04. The minimum atomic E-state index is -0.596. The van der Waals surface area contributed by atoms with Crippen LogP contribution >= 0.6 is 0 Å². The first kappa shape index (κ1) is 15.5. The van der Waals surface area contributed by atoms with Crippen LogP contribution in [0, 0.1) is 0 Å². The number of ether oxygens (including phenoxy) is 1. The molecule has 1 aromatic heterocycles. The number of hydrogen-bond donors (Lipinski definition) is 2. The highest BCUT2D eigenvalue weighted by Gasteiger charge is 2.18. The van der Waals surface area contributed by atoms with Crippen LogP contribution in [0.1, 0.15) is 23.8 Å². The van der Waals surface area contributed by atoms with E-state index in [9.17, 15) is 9.59 Å². The quantitative estimate of drug-likeness (QED) is 0.747. The van der Waals surface area contributed by atoms with Crippen molar-refractivity contribution < 1.29 is 14.3 Å². The lowest BCUT2D eigenvalue weighted by Gasteiger charge is -2.26. The highest BCUT2D eigenvalue weighted by atomic mass is 16.5. The fourth-order valence-electron chi connectivity index (χ4n) is 2.20. The average Bonchev–Trinajstić information content (AvgIpc) is 2.89. The van der Waals surface area contributed by atoms with Gasteiger partial charge in [0.2, 0.25) is 5.91 Å². The van der Waals surface area contributed by atoms with Gasteiger partial charge in [0.05, 0.1) is 19.5 Å². The lowest BCUT2D eigenvalue weighted by atomic mass is 10.3. The highest BCUT2D eigenvalue weighted by Crippen LogP contribution is 2.13. The van der Waals surface area contributed by atoms with Gasteiger partial charge in [0.15, 0.2) is 11.5 Å². The van der Waals surface area contributed by atoms with E-state index in [0.717, 1.165) is 32.8 Å². The molecule has 1 fully saturated rings. The van der Waals surface area contributed by atoms with Crippen molar-refractivity contribution in [3.8, 4) is 0 Å². The summed E-state index contributed by atoms with van der Waals surface area (Å²) >= 11 is 0. The smallest absolute Gasteiger partial charge is 0.269 e. The summed E-state index contributed by atoms with van der Waals surface area (Å²) in [7, 11) is 0. The molecule has 1 saturated heterocycles. The predicted octanol–water partition coefficient (Wildman–Crippen LogP) is -0.337. The number of morpholine rings is 1. The lowest BCUT2D eigenvalue weighted by Crippen LogP contribution is -2.38. The third-order valence-corrected chi connectivity index (χ3v) is 3.41. The van der Waals surface area contributed by atoms with Crippen molar-refractivity contribution in [2.75, 3.05) is 38.2 Å². The number of hydrogen-bond acceptors (Lipinski definition) is 5. The Kier molecular flexibility index (Phi) is 5.29. The van der Waals surface area contributed by atoms with Crippen molar-refractivity contribution in [1.29, 1.82) is 0 Å². The maximum absolute atomic E-state index is 11.6. The largest absolute Gasteiger partial charge is 0.379 e. The molecule has 0 unspecified atom stereocenters. The molecular weight excluding hydrogens is 274 g/mol. The number of amides is 2. The molecule has 1 aliphatic heterocycles. The Hall–Kier alpha value is -1.93. The summed E-state index contributed by atoms with van der Waals surface area (Å²) in [4.78, 5) is 29.4. The maximum Gasteiger partial charge on any atom is 0.269 e. The first-order valence-corrected chi connectivity index (χ1v) is 7.06. The Morgan fingerprint density at radius 2 is 2.10 bits per heavy atom. The molecule has 1 aromatic rings. The van der Waals surface area contributed by atoms with Gasteiger partial charge in [0.1, 0.15) is 0 Å². The molecule has 0 bridgehead atoms.